The quantitative estimate of drug-likeness (QED) is 0.149. The van der Waals surface area contributed by atoms with Crippen LogP contribution < -0.4 is 10.4 Å². The highest BCUT2D eigenvalue weighted by atomic mass is 35.5. The monoisotopic (exact) mass is 601 g/mol. The minimum Gasteiger partial charge on any atom is -0.425 e. The Labute approximate surface area is 248 Å². The van der Waals surface area contributed by atoms with E-state index in [9.17, 15) is 4.79 Å². The first-order valence-corrected chi connectivity index (χ1v) is 17.8. The lowest BCUT2D eigenvalue weighted by Gasteiger charge is -2.16. The summed E-state index contributed by atoms with van der Waals surface area (Å²) in [6.07, 6.45) is 2.04. The summed E-state index contributed by atoms with van der Waals surface area (Å²) in [6, 6.07) is 19.1. The molecule has 0 radical (unpaired) electrons. The summed E-state index contributed by atoms with van der Waals surface area (Å²) in [5.74, 6) is 0.491. The summed E-state index contributed by atoms with van der Waals surface area (Å²) in [4.78, 5) is 17.0. The lowest BCUT2D eigenvalue weighted by Crippen LogP contribution is -2.22. The first-order valence-electron chi connectivity index (χ1n) is 13.7. The van der Waals surface area contributed by atoms with Gasteiger partial charge in [0.05, 0.1) is 21.7 Å². The predicted molar refractivity (Wildman–Crippen MR) is 168 cm³/mol. The number of hydrogen-bond acceptors (Lipinski definition) is 6. The lowest BCUT2D eigenvalue weighted by molar-refractivity contribution is 0.0850. The van der Waals surface area contributed by atoms with E-state index in [1.54, 1.807) is 6.07 Å². The highest BCUT2D eigenvalue weighted by Crippen LogP contribution is 2.36. The largest absolute Gasteiger partial charge is 0.425 e. The van der Waals surface area contributed by atoms with Crippen LogP contribution in [0.25, 0.3) is 38.8 Å². The van der Waals surface area contributed by atoms with E-state index in [1.165, 1.54) is 4.68 Å². The molecule has 216 valence electrons. The molecule has 0 aliphatic rings. The zero-order valence-electron chi connectivity index (χ0n) is 24.2. The maximum absolute atomic E-state index is 12.2. The Morgan fingerprint density at radius 1 is 1.02 bits per heavy atom. The highest BCUT2D eigenvalue weighted by Gasteiger charge is 2.19. The number of halogens is 1. The molecule has 0 atom stereocenters. The molecule has 1 N–H and O–H groups in total. The van der Waals surface area contributed by atoms with Crippen molar-refractivity contribution in [2.45, 2.75) is 39.3 Å². The fraction of sp³-hybridized carbons (Fsp3) is 0.267. The number of nitrogens with one attached hydrogen (secondary N) is 1. The van der Waals surface area contributed by atoms with Crippen LogP contribution in [-0.2, 0) is 18.5 Å². The molecule has 0 saturated heterocycles. The molecule has 0 bridgehead atoms. The number of fused-ring (bicyclic) bond motifs is 2. The molecule has 0 aliphatic heterocycles. The van der Waals surface area contributed by atoms with E-state index in [4.69, 9.17) is 26.1 Å². The first kappa shape index (κ1) is 28.0. The molecule has 0 spiro atoms. The zero-order chi connectivity index (χ0) is 29.6. The van der Waals surface area contributed by atoms with Crippen LogP contribution in [0.3, 0.4) is 0 Å². The van der Waals surface area contributed by atoms with E-state index in [2.05, 4.69) is 64.0 Å². The Balaban J connectivity index is 1.40. The van der Waals surface area contributed by atoms with Gasteiger partial charge in [0.1, 0.15) is 12.5 Å². The second-order valence-corrected chi connectivity index (χ2v) is 17.7. The summed E-state index contributed by atoms with van der Waals surface area (Å²) in [5.41, 5.74) is 5.53. The van der Waals surface area contributed by atoms with E-state index >= 15 is 0 Å². The second kappa shape index (κ2) is 10.9. The molecule has 42 heavy (non-hydrogen) atoms. The van der Waals surface area contributed by atoms with Crippen molar-refractivity contribution in [2.24, 2.45) is 7.05 Å². The van der Waals surface area contributed by atoms with Gasteiger partial charge in [0, 0.05) is 50.5 Å². The molecule has 0 fully saturated rings. The Hall–Kier alpha value is -4.19. The van der Waals surface area contributed by atoms with Gasteiger partial charge in [0.15, 0.2) is 0 Å². The van der Waals surface area contributed by atoms with E-state index < -0.39 is 13.8 Å². The number of rotatable bonds is 9. The number of imidazole rings is 1. The zero-order valence-corrected chi connectivity index (χ0v) is 25.9. The van der Waals surface area contributed by atoms with Crippen molar-refractivity contribution in [1.82, 2.24) is 34.3 Å². The van der Waals surface area contributed by atoms with E-state index in [-0.39, 0.29) is 6.73 Å². The molecule has 10 nitrogen and oxygen atoms in total. The summed E-state index contributed by atoms with van der Waals surface area (Å²) >= 11 is 6.90. The van der Waals surface area contributed by atoms with Gasteiger partial charge in [-0.15, -0.1) is 0 Å². The smallest absolute Gasteiger partial charge is 0.365 e. The predicted octanol–water partition coefficient (Wildman–Crippen LogP) is 6.53. The Morgan fingerprint density at radius 2 is 1.86 bits per heavy atom. The summed E-state index contributed by atoms with van der Waals surface area (Å²) in [5, 5.41) is 11.5. The van der Waals surface area contributed by atoms with Crippen LogP contribution in [0.1, 0.15) is 5.56 Å². The van der Waals surface area contributed by atoms with Crippen LogP contribution in [0.2, 0.25) is 30.7 Å². The fourth-order valence-electron chi connectivity index (χ4n) is 4.87. The van der Waals surface area contributed by atoms with Crippen molar-refractivity contribution in [3.63, 3.8) is 0 Å². The van der Waals surface area contributed by atoms with Crippen LogP contribution in [-0.4, -0.2) is 49.0 Å². The van der Waals surface area contributed by atoms with E-state index in [0.29, 0.717) is 29.1 Å². The number of benzene rings is 3. The van der Waals surface area contributed by atoms with Crippen molar-refractivity contribution < 1.29 is 9.47 Å². The minimum atomic E-state index is -1.27. The van der Waals surface area contributed by atoms with Gasteiger partial charge in [-0.2, -0.15) is 9.67 Å². The average Bonchev–Trinajstić information content (AvgIpc) is 3.63. The van der Waals surface area contributed by atoms with Gasteiger partial charge in [-0.1, -0.05) is 43.4 Å². The number of H-pyrrole nitrogens is 1. The Bertz CT molecular complexity index is 1980. The van der Waals surface area contributed by atoms with Gasteiger partial charge in [-0.25, -0.2) is 9.89 Å². The molecular formula is C30H32ClN7O3Si. The van der Waals surface area contributed by atoms with Crippen molar-refractivity contribution in [1.29, 1.82) is 0 Å². The van der Waals surface area contributed by atoms with E-state index in [0.717, 1.165) is 44.7 Å². The van der Waals surface area contributed by atoms with Crippen LogP contribution >= 0.6 is 11.6 Å². The van der Waals surface area contributed by atoms with Crippen molar-refractivity contribution >= 4 is 41.6 Å². The first-order chi connectivity index (χ1) is 20.1. The number of aromatic nitrogens is 7. The van der Waals surface area contributed by atoms with E-state index in [1.807, 2.05) is 49.0 Å². The lowest BCUT2D eigenvalue weighted by atomic mass is 10.0. The molecule has 3 heterocycles. The SMILES string of the molecule is Cc1ccc(Oc2nc3cc(-c4ccc5c(ccn5C)c4)c(Cl)cc3n2COCC[Si](C)(C)C)cc1-n1nn[nH]c1=O. The van der Waals surface area contributed by atoms with Gasteiger partial charge >= 0.3 is 11.7 Å². The van der Waals surface area contributed by atoms with Crippen molar-refractivity contribution in [3.8, 4) is 28.6 Å². The topological polar surface area (TPSA) is 105 Å². The molecule has 0 aliphatic carbocycles. The summed E-state index contributed by atoms with van der Waals surface area (Å²) < 4.78 is 17.6. The minimum absolute atomic E-state index is 0.253. The number of aromatic amines is 1. The summed E-state index contributed by atoms with van der Waals surface area (Å²) in [7, 11) is 0.762. The van der Waals surface area contributed by atoms with Gasteiger partial charge in [-0.05, 0) is 70.9 Å². The number of ether oxygens (including phenoxy) is 2. The third-order valence-corrected chi connectivity index (χ3v) is 9.32. The highest BCUT2D eigenvalue weighted by molar-refractivity contribution is 6.76. The molecule has 0 unspecified atom stereocenters. The number of tetrazole rings is 1. The average molecular weight is 602 g/mol. The van der Waals surface area contributed by atoms with Crippen LogP contribution in [0.15, 0.2) is 65.6 Å². The maximum atomic E-state index is 12.2. The summed E-state index contributed by atoms with van der Waals surface area (Å²) in [6.45, 7) is 9.74. The van der Waals surface area contributed by atoms with Crippen LogP contribution in [0.5, 0.6) is 11.8 Å². The molecule has 3 aromatic carbocycles. The molecular weight excluding hydrogens is 570 g/mol. The fourth-order valence-corrected chi connectivity index (χ4v) is 5.90. The third-order valence-electron chi connectivity index (χ3n) is 7.31. The molecule has 6 rings (SSSR count). The van der Waals surface area contributed by atoms with Gasteiger partial charge in [-0.3, -0.25) is 4.57 Å². The van der Waals surface area contributed by atoms with Crippen LogP contribution in [0.4, 0.5) is 0 Å². The maximum Gasteiger partial charge on any atom is 0.365 e. The molecule has 6 aromatic rings. The Kier molecular flexibility index (Phi) is 7.25. The van der Waals surface area contributed by atoms with Gasteiger partial charge in [0.2, 0.25) is 0 Å². The molecule has 3 aromatic heterocycles. The normalized spacial score (nSPS) is 12.0. The van der Waals surface area contributed by atoms with Crippen LogP contribution in [0, 0.1) is 6.92 Å². The number of hydrogen-bond donors (Lipinski definition) is 1. The molecule has 0 saturated carbocycles. The van der Waals surface area contributed by atoms with Crippen molar-refractivity contribution in [2.75, 3.05) is 6.61 Å². The molecule has 0 amide bonds. The number of aryl methyl sites for hydroxylation is 2. The van der Waals surface area contributed by atoms with Crippen molar-refractivity contribution in [3.05, 3.63) is 81.9 Å². The van der Waals surface area contributed by atoms with Gasteiger partial charge in [0.25, 0.3) is 0 Å². The standard InChI is InChI=1S/C30H32ClN7O3Si/c1-19-6-8-22(15-27(19)38-29(39)33-34-35-38)41-30-32-25-16-23(20-7-9-26-21(14-20)10-11-36(26)2)24(31)17-28(25)37(30)18-40-12-13-42(3,4)5/h6-11,14-17H,12-13,18H2,1-5H3,(H,33,35,39). The number of nitrogens with zero attached hydrogens (tertiary/aromatic N) is 6. The molecule has 12 heteroatoms. The third kappa shape index (κ3) is 5.50. The second-order valence-electron chi connectivity index (χ2n) is 11.7. The van der Waals surface area contributed by atoms with Gasteiger partial charge < -0.3 is 14.0 Å². The Morgan fingerprint density at radius 3 is 2.62 bits per heavy atom.